The van der Waals surface area contributed by atoms with Gasteiger partial charge in [0.05, 0.1) is 5.41 Å². The Kier molecular flexibility index (Phi) is 6.41. The molecule has 0 fully saturated rings. The van der Waals surface area contributed by atoms with Crippen LogP contribution in [0.4, 0.5) is 17.1 Å². The lowest BCUT2D eigenvalue weighted by Crippen LogP contribution is -2.26. The van der Waals surface area contributed by atoms with E-state index in [4.69, 9.17) is 0 Å². The number of benzene rings is 7. The van der Waals surface area contributed by atoms with Gasteiger partial charge in [0.2, 0.25) is 0 Å². The van der Waals surface area contributed by atoms with E-state index in [1.807, 2.05) is 0 Å². The van der Waals surface area contributed by atoms with Gasteiger partial charge in [0, 0.05) is 22.5 Å². The Balaban J connectivity index is 1.15. The van der Waals surface area contributed by atoms with Crippen LogP contribution >= 0.6 is 0 Å². The van der Waals surface area contributed by atoms with E-state index in [0.29, 0.717) is 0 Å². The van der Waals surface area contributed by atoms with Gasteiger partial charge in [0.15, 0.2) is 0 Å². The van der Waals surface area contributed by atoms with Crippen molar-refractivity contribution in [1.29, 1.82) is 0 Å². The first-order valence-corrected chi connectivity index (χ1v) is 19.0. The fourth-order valence-electron chi connectivity index (χ4n) is 10.1. The largest absolute Gasteiger partial charge is 0.310 e. The molecule has 0 heterocycles. The van der Waals surface area contributed by atoms with Gasteiger partial charge in [0.25, 0.3) is 0 Å². The Morgan fingerprint density at radius 1 is 0.415 bits per heavy atom. The summed E-state index contributed by atoms with van der Waals surface area (Å²) in [5.74, 6) is 0. The third kappa shape index (κ3) is 4.14. The topological polar surface area (TPSA) is 3.24 Å². The van der Waals surface area contributed by atoms with Crippen molar-refractivity contribution < 1.29 is 0 Å². The summed E-state index contributed by atoms with van der Waals surface area (Å²) >= 11 is 0. The molecule has 7 aromatic rings. The van der Waals surface area contributed by atoms with Crippen molar-refractivity contribution in [3.63, 3.8) is 0 Å². The smallest absolute Gasteiger partial charge is 0.0726 e. The Morgan fingerprint density at radius 2 is 0.868 bits per heavy atom. The van der Waals surface area contributed by atoms with E-state index in [2.05, 4.69) is 195 Å². The zero-order valence-electron chi connectivity index (χ0n) is 30.1. The van der Waals surface area contributed by atoms with E-state index < -0.39 is 5.41 Å². The van der Waals surface area contributed by atoms with Gasteiger partial charge in [-0.05, 0) is 127 Å². The van der Waals surface area contributed by atoms with E-state index >= 15 is 0 Å². The average Bonchev–Trinajstić information content (AvgIpc) is 3.77. The van der Waals surface area contributed by atoms with Gasteiger partial charge in [-0.1, -0.05) is 153 Å². The highest BCUT2D eigenvalue weighted by Crippen LogP contribution is 2.63. The van der Waals surface area contributed by atoms with Crippen LogP contribution < -0.4 is 4.90 Å². The van der Waals surface area contributed by atoms with Crippen molar-refractivity contribution >= 4 is 22.6 Å². The van der Waals surface area contributed by atoms with Gasteiger partial charge in [-0.25, -0.2) is 0 Å². The second kappa shape index (κ2) is 11.2. The van der Waals surface area contributed by atoms with Crippen LogP contribution in [-0.2, 0) is 10.8 Å². The highest BCUT2D eigenvalue weighted by molar-refractivity contribution is 5.96. The van der Waals surface area contributed by atoms with Crippen LogP contribution in [0.25, 0.3) is 39.0 Å². The highest BCUT2D eigenvalue weighted by Gasteiger charge is 2.51. The molecule has 0 unspecified atom stereocenters. The molecule has 0 aliphatic heterocycles. The lowest BCUT2D eigenvalue weighted by atomic mass is 9.70. The van der Waals surface area contributed by atoms with Crippen LogP contribution in [0.3, 0.4) is 0 Å². The first kappa shape index (κ1) is 30.4. The van der Waals surface area contributed by atoms with Crippen molar-refractivity contribution in [3.05, 3.63) is 215 Å². The maximum absolute atomic E-state index is 2.50. The normalized spacial score (nSPS) is 15.9. The van der Waals surface area contributed by atoms with E-state index in [-0.39, 0.29) is 5.41 Å². The molecule has 0 saturated heterocycles. The van der Waals surface area contributed by atoms with E-state index in [1.54, 1.807) is 0 Å². The first-order valence-electron chi connectivity index (χ1n) is 19.0. The molecule has 4 aliphatic rings. The summed E-state index contributed by atoms with van der Waals surface area (Å²) in [4.78, 5) is 2.48. The number of rotatable bonds is 4. The molecule has 4 aliphatic carbocycles. The quantitative estimate of drug-likeness (QED) is 0.179. The number of hydrogen-bond acceptors (Lipinski definition) is 1. The summed E-state index contributed by atoms with van der Waals surface area (Å²) < 4.78 is 0. The predicted octanol–water partition coefficient (Wildman–Crippen LogP) is 13.5. The maximum atomic E-state index is 2.50. The van der Waals surface area contributed by atoms with Crippen LogP contribution in [0.1, 0.15) is 65.6 Å². The van der Waals surface area contributed by atoms with E-state index in [9.17, 15) is 0 Å². The van der Waals surface area contributed by atoms with Crippen LogP contribution in [0, 0.1) is 0 Å². The van der Waals surface area contributed by atoms with Crippen molar-refractivity contribution in [2.75, 3.05) is 4.90 Å². The molecule has 53 heavy (non-hydrogen) atoms. The fraction of sp³-hybridized carbons (Fsp3) is 0.115. The maximum Gasteiger partial charge on any atom is 0.0726 e. The zero-order chi connectivity index (χ0) is 35.3. The minimum absolute atomic E-state index is 0.0990. The summed E-state index contributed by atoms with van der Waals surface area (Å²) in [5, 5.41) is 0. The van der Waals surface area contributed by atoms with Crippen LogP contribution in [-0.4, -0.2) is 0 Å². The Morgan fingerprint density at radius 3 is 1.42 bits per heavy atom. The van der Waals surface area contributed by atoms with E-state index in [1.165, 1.54) is 83.6 Å². The summed E-state index contributed by atoms with van der Waals surface area (Å²) in [6.45, 7) is 4.74. The minimum atomic E-state index is -0.397. The molecule has 252 valence electrons. The summed E-state index contributed by atoms with van der Waals surface area (Å²) in [7, 11) is 0. The molecule has 11 rings (SSSR count). The Labute approximate surface area is 312 Å². The number of allylic oxidation sites excluding steroid dienone is 4. The molecule has 1 spiro atoms. The van der Waals surface area contributed by atoms with Crippen molar-refractivity contribution in [3.8, 4) is 33.4 Å². The number of nitrogens with zero attached hydrogens (tertiary/aromatic N) is 1. The second-order valence-corrected chi connectivity index (χ2v) is 15.5. The molecule has 0 atom stereocenters. The summed E-state index contributed by atoms with van der Waals surface area (Å²) in [6.07, 6.45) is 9.13. The van der Waals surface area contributed by atoms with E-state index in [0.717, 1.165) is 24.2 Å². The van der Waals surface area contributed by atoms with Crippen LogP contribution in [0.2, 0.25) is 0 Å². The molecular weight excluding hydrogens is 639 g/mol. The third-order valence-corrected chi connectivity index (χ3v) is 12.5. The molecule has 0 saturated carbocycles. The number of anilines is 3. The lowest BCUT2D eigenvalue weighted by Gasteiger charge is -2.32. The number of fused-ring (bicyclic) bond motifs is 13. The molecular formula is C52H39N. The first-order chi connectivity index (χ1) is 26.0. The summed E-state index contributed by atoms with van der Waals surface area (Å²) in [5.41, 5.74) is 21.8. The third-order valence-electron chi connectivity index (χ3n) is 12.5. The van der Waals surface area contributed by atoms with Gasteiger partial charge >= 0.3 is 0 Å². The minimum Gasteiger partial charge on any atom is -0.310 e. The van der Waals surface area contributed by atoms with Crippen molar-refractivity contribution in [2.24, 2.45) is 0 Å². The van der Waals surface area contributed by atoms with Gasteiger partial charge in [0.1, 0.15) is 0 Å². The van der Waals surface area contributed by atoms with Gasteiger partial charge in [-0.2, -0.15) is 0 Å². The van der Waals surface area contributed by atoms with Crippen molar-refractivity contribution in [1.82, 2.24) is 0 Å². The zero-order valence-corrected chi connectivity index (χ0v) is 30.1. The van der Waals surface area contributed by atoms with Crippen LogP contribution in [0.15, 0.2) is 176 Å². The molecule has 1 nitrogen and oxygen atoms in total. The molecule has 0 aromatic heterocycles. The predicted molar refractivity (Wildman–Crippen MR) is 221 cm³/mol. The van der Waals surface area contributed by atoms with Gasteiger partial charge in [-0.15, -0.1) is 0 Å². The standard InChI is InChI=1S/C52H39N/c1-51(2)45-20-10-6-16-39(45)43-30-28-37(32-49(43)51)53(36-26-24-35(25-27-36)34-14-4-3-5-15-34)38-29-31-44-42-19-9-13-23-48(42)52(50(44)33-38)46-21-11-7-17-40(46)41-18-8-12-22-47(41)52/h4,6-33H,3,5H2,1-2H3. The monoisotopic (exact) mass is 677 g/mol. The fourth-order valence-corrected chi connectivity index (χ4v) is 10.1. The van der Waals surface area contributed by atoms with Crippen molar-refractivity contribution in [2.45, 2.75) is 37.5 Å². The number of hydrogen-bond donors (Lipinski definition) is 0. The molecule has 7 aromatic carbocycles. The van der Waals surface area contributed by atoms with Crippen LogP contribution in [0.5, 0.6) is 0 Å². The lowest BCUT2D eigenvalue weighted by molar-refractivity contribution is 0.660. The SMILES string of the molecule is CC1(C)c2ccccc2-c2ccc(N(c3ccc(C4=CCCC=C4)cc3)c3ccc4c(c3)C3(c5ccccc5-c5ccccc53)c3ccccc3-4)cc21. The molecule has 0 radical (unpaired) electrons. The molecule has 0 bridgehead atoms. The summed E-state index contributed by atoms with van der Waals surface area (Å²) in [6, 6.07) is 59.7. The van der Waals surface area contributed by atoms with Gasteiger partial charge < -0.3 is 4.90 Å². The molecule has 1 heteroatoms. The Hall–Kier alpha value is -6.18. The average molecular weight is 678 g/mol. The Bertz CT molecular complexity index is 2640. The second-order valence-electron chi connectivity index (χ2n) is 15.5. The highest BCUT2D eigenvalue weighted by atomic mass is 15.1. The van der Waals surface area contributed by atoms with Gasteiger partial charge in [-0.3, -0.25) is 0 Å². The molecule has 0 amide bonds. The molecule has 0 N–H and O–H groups in total.